The highest BCUT2D eigenvalue weighted by molar-refractivity contribution is 6.03. The number of benzene rings is 1. The molecule has 5 nitrogen and oxygen atoms in total. The summed E-state index contributed by atoms with van der Waals surface area (Å²) in [7, 11) is 0. The average molecular weight is 325 g/mol. The number of nitro groups is 1. The van der Waals surface area contributed by atoms with E-state index in [9.17, 15) is 14.9 Å². The van der Waals surface area contributed by atoms with Gasteiger partial charge in [0.1, 0.15) is 5.76 Å². The van der Waals surface area contributed by atoms with Crippen LogP contribution >= 0.6 is 0 Å². The van der Waals surface area contributed by atoms with Gasteiger partial charge in [0.2, 0.25) is 5.78 Å². The number of Topliss-reactive ketones (excluding diaryl/α,β-unsaturated/α-hetero) is 1. The summed E-state index contributed by atoms with van der Waals surface area (Å²) in [6.45, 7) is 3.83. The predicted octanol–water partition coefficient (Wildman–Crippen LogP) is 4.39. The van der Waals surface area contributed by atoms with Crippen molar-refractivity contribution in [1.82, 2.24) is 0 Å². The van der Waals surface area contributed by atoms with Crippen molar-refractivity contribution in [3.63, 3.8) is 0 Å². The Morgan fingerprint density at radius 1 is 1.17 bits per heavy atom. The van der Waals surface area contributed by atoms with Crippen molar-refractivity contribution in [1.29, 1.82) is 0 Å². The molecule has 0 fully saturated rings. The van der Waals surface area contributed by atoms with Gasteiger partial charge in [-0.1, -0.05) is 41.5 Å². The topological polar surface area (TPSA) is 73.3 Å². The third-order valence-corrected chi connectivity index (χ3v) is 4.99. The van der Waals surface area contributed by atoms with Gasteiger partial charge in [-0.25, -0.2) is 0 Å². The Morgan fingerprint density at radius 2 is 1.88 bits per heavy atom. The highest BCUT2D eigenvalue weighted by Crippen LogP contribution is 2.47. The van der Waals surface area contributed by atoms with Crippen LogP contribution in [0.2, 0.25) is 0 Å². The van der Waals surface area contributed by atoms with E-state index in [1.807, 2.05) is 13.8 Å². The molecule has 1 aromatic carbocycles. The molecule has 0 spiro atoms. The van der Waals surface area contributed by atoms with Crippen molar-refractivity contribution in [3.8, 4) is 0 Å². The van der Waals surface area contributed by atoms with Crippen molar-refractivity contribution in [2.75, 3.05) is 0 Å². The average Bonchev–Trinajstić information content (AvgIpc) is 3.11. The van der Waals surface area contributed by atoms with Gasteiger partial charge in [-0.3, -0.25) is 14.9 Å². The van der Waals surface area contributed by atoms with Crippen molar-refractivity contribution in [3.05, 3.63) is 81.3 Å². The van der Waals surface area contributed by atoms with Crippen LogP contribution in [0.3, 0.4) is 0 Å². The molecule has 0 amide bonds. The van der Waals surface area contributed by atoms with Gasteiger partial charge < -0.3 is 4.42 Å². The second kappa shape index (κ2) is 6.07. The highest BCUT2D eigenvalue weighted by atomic mass is 16.6. The Morgan fingerprint density at radius 3 is 2.46 bits per heavy atom. The molecule has 0 bridgehead atoms. The van der Waals surface area contributed by atoms with Crippen molar-refractivity contribution < 1.29 is 14.1 Å². The summed E-state index contributed by atoms with van der Waals surface area (Å²) in [5, 5.41) is 12.2. The van der Waals surface area contributed by atoms with Crippen LogP contribution in [0.25, 0.3) is 0 Å². The lowest BCUT2D eigenvalue weighted by atomic mass is 9.66. The minimum atomic E-state index is -1.73. The summed E-state index contributed by atoms with van der Waals surface area (Å²) in [4.78, 5) is 25.0. The van der Waals surface area contributed by atoms with Crippen LogP contribution in [0.1, 0.15) is 48.7 Å². The molecular formula is C19H19NO4. The monoisotopic (exact) mass is 325 g/mol. The number of carbonyl (C=O) groups is 1. The molecule has 1 heterocycles. The summed E-state index contributed by atoms with van der Waals surface area (Å²) >= 11 is 0. The van der Waals surface area contributed by atoms with Gasteiger partial charge in [-0.15, -0.1) is 0 Å². The first-order chi connectivity index (χ1) is 11.5. The maximum atomic E-state index is 13.2. The van der Waals surface area contributed by atoms with Crippen molar-refractivity contribution >= 4 is 5.78 Å². The molecule has 1 aliphatic carbocycles. The number of carbonyl (C=O) groups excluding carboxylic acids is 1. The SMILES string of the molecule is CC1=C(C)CC(C(=O)c2ccccc2)([N+](=O)[O-])C(c2ccco2)C1. The zero-order valence-corrected chi connectivity index (χ0v) is 13.7. The molecule has 5 heteroatoms. The molecule has 0 saturated heterocycles. The van der Waals surface area contributed by atoms with Gasteiger partial charge >= 0.3 is 0 Å². The van der Waals surface area contributed by atoms with Crippen LogP contribution in [0.4, 0.5) is 0 Å². The second-order valence-electron chi connectivity index (χ2n) is 6.39. The lowest BCUT2D eigenvalue weighted by Crippen LogP contribution is -2.53. The number of nitrogens with zero attached hydrogens (tertiary/aromatic N) is 1. The van der Waals surface area contributed by atoms with Crippen molar-refractivity contribution in [2.45, 2.75) is 38.1 Å². The smallest absolute Gasteiger partial charge is 0.297 e. The number of furan rings is 1. The molecule has 0 N–H and O–H groups in total. The van der Waals surface area contributed by atoms with E-state index >= 15 is 0 Å². The van der Waals surface area contributed by atoms with E-state index in [2.05, 4.69) is 0 Å². The quantitative estimate of drug-likeness (QED) is 0.361. The summed E-state index contributed by atoms with van der Waals surface area (Å²) in [6.07, 6.45) is 2.04. The van der Waals surface area contributed by atoms with E-state index in [1.54, 1.807) is 42.5 Å². The second-order valence-corrected chi connectivity index (χ2v) is 6.39. The first-order valence-electron chi connectivity index (χ1n) is 7.89. The largest absolute Gasteiger partial charge is 0.469 e. The zero-order chi connectivity index (χ0) is 17.3. The van der Waals surface area contributed by atoms with E-state index < -0.39 is 22.2 Å². The zero-order valence-electron chi connectivity index (χ0n) is 13.7. The first-order valence-corrected chi connectivity index (χ1v) is 7.89. The van der Waals surface area contributed by atoms with Gasteiger partial charge in [-0.05, 0) is 32.4 Å². The Balaban J connectivity index is 2.19. The minimum Gasteiger partial charge on any atom is -0.469 e. The maximum Gasteiger partial charge on any atom is 0.297 e. The summed E-state index contributed by atoms with van der Waals surface area (Å²) in [5.41, 5.74) is 0.606. The van der Waals surface area contributed by atoms with E-state index in [1.165, 1.54) is 6.26 Å². The van der Waals surface area contributed by atoms with E-state index in [0.717, 1.165) is 11.1 Å². The normalized spacial score (nSPS) is 24.0. The third kappa shape index (κ3) is 2.46. The molecule has 124 valence electrons. The fraction of sp³-hybridized carbons (Fsp3) is 0.316. The molecule has 0 saturated carbocycles. The summed E-state index contributed by atoms with van der Waals surface area (Å²) in [5.74, 6) is -0.580. The van der Waals surface area contributed by atoms with Gasteiger partial charge in [0.15, 0.2) is 0 Å². The molecule has 1 aliphatic rings. The van der Waals surface area contributed by atoms with Gasteiger partial charge in [0.25, 0.3) is 5.54 Å². The predicted molar refractivity (Wildman–Crippen MR) is 89.6 cm³/mol. The molecule has 3 rings (SSSR count). The lowest BCUT2D eigenvalue weighted by molar-refractivity contribution is -0.555. The van der Waals surface area contributed by atoms with Crippen LogP contribution in [0, 0.1) is 10.1 Å². The number of ketones is 1. The van der Waals surface area contributed by atoms with E-state index in [4.69, 9.17) is 4.42 Å². The molecule has 2 unspecified atom stereocenters. The molecule has 0 radical (unpaired) electrons. The fourth-order valence-corrected chi connectivity index (χ4v) is 3.51. The number of allylic oxidation sites excluding steroid dienone is 1. The molecule has 2 atom stereocenters. The summed E-state index contributed by atoms with van der Waals surface area (Å²) < 4.78 is 5.47. The number of hydrogen-bond acceptors (Lipinski definition) is 4. The molecule has 2 aromatic rings. The van der Waals surface area contributed by atoms with Gasteiger partial charge in [0, 0.05) is 16.9 Å². The van der Waals surface area contributed by atoms with Gasteiger partial charge in [0.05, 0.1) is 12.2 Å². The first kappa shape index (κ1) is 16.2. The van der Waals surface area contributed by atoms with Crippen molar-refractivity contribution in [2.24, 2.45) is 0 Å². The van der Waals surface area contributed by atoms with E-state index in [-0.39, 0.29) is 6.42 Å². The fourth-order valence-electron chi connectivity index (χ4n) is 3.51. The van der Waals surface area contributed by atoms with Crippen LogP contribution in [0.5, 0.6) is 0 Å². The molecule has 24 heavy (non-hydrogen) atoms. The Kier molecular flexibility index (Phi) is 4.09. The third-order valence-electron chi connectivity index (χ3n) is 4.99. The summed E-state index contributed by atoms with van der Waals surface area (Å²) in [6, 6.07) is 11.9. The van der Waals surface area contributed by atoms with Gasteiger partial charge in [-0.2, -0.15) is 0 Å². The van der Waals surface area contributed by atoms with Crippen LogP contribution in [0.15, 0.2) is 64.3 Å². The van der Waals surface area contributed by atoms with E-state index in [0.29, 0.717) is 17.7 Å². The van der Waals surface area contributed by atoms with Crippen LogP contribution in [-0.2, 0) is 0 Å². The molecule has 1 aromatic heterocycles. The Hall–Kier alpha value is -2.69. The molecule has 0 aliphatic heterocycles. The number of rotatable bonds is 4. The highest BCUT2D eigenvalue weighted by Gasteiger charge is 2.60. The van der Waals surface area contributed by atoms with Crippen LogP contribution < -0.4 is 0 Å². The standard InChI is InChI=1S/C19H19NO4/c1-13-11-16(17-9-6-10-24-17)19(20(22)23,12-14(13)2)18(21)15-7-4-3-5-8-15/h3-10,16H,11-12H2,1-2H3. The number of hydrogen-bond donors (Lipinski definition) is 0. The molecular weight excluding hydrogens is 306 g/mol. The van der Waals surface area contributed by atoms with Crippen LogP contribution in [-0.4, -0.2) is 16.2 Å². The Labute approximate surface area is 140 Å². The maximum absolute atomic E-state index is 13.2. The minimum absolute atomic E-state index is 0.102. The Bertz CT molecular complexity index is 792. The lowest BCUT2D eigenvalue weighted by Gasteiger charge is -2.35.